The number of hydrogen-bond donors (Lipinski definition) is 1. The fourth-order valence-corrected chi connectivity index (χ4v) is 3.81. The molecular weight excluding hydrogens is 503 g/mol. The number of rotatable bonds is 0. The normalized spacial score (nSPS) is 21.0. The molecule has 0 saturated heterocycles. The van der Waals surface area contributed by atoms with Crippen molar-refractivity contribution < 1.29 is 19.4 Å². The second-order valence-electron chi connectivity index (χ2n) is 5.68. The van der Waals surface area contributed by atoms with E-state index in [4.69, 9.17) is 14.5 Å². The minimum absolute atomic E-state index is 0.113. The van der Waals surface area contributed by atoms with Crippen molar-refractivity contribution in [1.82, 2.24) is 3.93 Å². The summed E-state index contributed by atoms with van der Waals surface area (Å²) in [6, 6.07) is 13.5. The summed E-state index contributed by atoms with van der Waals surface area (Å²) in [6.45, 7) is 0.423. The average molecular weight is 515 g/mol. The van der Waals surface area contributed by atoms with Gasteiger partial charge in [0, 0.05) is 14.7 Å². The molecule has 0 aliphatic carbocycles. The predicted molar refractivity (Wildman–Crippen MR) is 103 cm³/mol. The van der Waals surface area contributed by atoms with Gasteiger partial charge in [-0.15, -0.1) is 0 Å². The van der Waals surface area contributed by atoms with Crippen LogP contribution in [0.4, 0.5) is 4.79 Å². The van der Waals surface area contributed by atoms with Crippen molar-refractivity contribution in [2.45, 2.75) is 5.54 Å². The number of fused-ring (bicyclic) bond motifs is 4. The molecular formula is C17H12BrIN2O4. The number of carbonyl (C=O) groups is 1. The third-order valence-corrected chi connectivity index (χ3v) is 5.58. The Bertz CT molecular complexity index is 904. The SMILES string of the molecule is O=C(O)N(Br)C1=NC2(COC1)c1ccccc1Oc1ccc(I)cc12. The number of carboxylic acid groups (broad SMARTS) is 1. The molecule has 0 aromatic heterocycles. The van der Waals surface area contributed by atoms with Gasteiger partial charge in [-0.3, -0.25) is 0 Å². The van der Waals surface area contributed by atoms with Crippen LogP contribution in [-0.2, 0) is 10.3 Å². The first-order chi connectivity index (χ1) is 12.0. The number of amides is 1. The van der Waals surface area contributed by atoms with E-state index < -0.39 is 11.6 Å². The zero-order chi connectivity index (χ0) is 17.6. The zero-order valence-corrected chi connectivity index (χ0v) is 16.5. The van der Waals surface area contributed by atoms with E-state index in [0.717, 1.165) is 18.6 Å². The van der Waals surface area contributed by atoms with Crippen LogP contribution in [0, 0.1) is 3.57 Å². The summed E-state index contributed by atoms with van der Waals surface area (Å²) in [5, 5.41) is 9.27. The molecule has 0 fully saturated rings. The van der Waals surface area contributed by atoms with Crippen molar-refractivity contribution in [3.05, 3.63) is 57.2 Å². The Morgan fingerprint density at radius 1 is 1.24 bits per heavy atom. The molecule has 2 aliphatic heterocycles. The highest BCUT2D eigenvalue weighted by molar-refractivity contribution is 14.1. The summed E-state index contributed by atoms with van der Waals surface area (Å²) in [5.41, 5.74) is 0.870. The number of amidine groups is 1. The molecule has 1 atom stereocenters. The summed E-state index contributed by atoms with van der Waals surface area (Å²) < 4.78 is 13.8. The summed E-state index contributed by atoms with van der Waals surface area (Å²) in [4.78, 5) is 16.2. The lowest BCUT2D eigenvalue weighted by Crippen LogP contribution is -2.44. The Hall–Kier alpha value is -1.65. The Kier molecular flexibility index (Phi) is 4.20. The molecule has 1 N–H and O–H groups in total. The Morgan fingerprint density at radius 3 is 2.80 bits per heavy atom. The molecule has 2 heterocycles. The summed E-state index contributed by atoms with van der Waals surface area (Å²) in [6.07, 6.45) is -1.15. The Morgan fingerprint density at radius 2 is 2.00 bits per heavy atom. The van der Waals surface area contributed by atoms with Crippen LogP contribution in [0.1, 0.15) is 11.1 Å². The summed E-state index contributed by atoms with van der Waals surface area (Å²) in [7, 11) is 0. The van der Waals surface area contributed by atoms with Crippen LogP contribution in [0.2, 0.25) is 0 Å². The highest BCUT2D eigenvalue weighted by atomic mass is 127. The number of hydrogen-bond acceptors (Lipinski definition) is 4. The first-order valence-corrected chi connectivity index (χ1v) is 9.23. The van der Waals surface area contributed by atoms with Crippen LogP contribution in [0.3, 0.4) is 0 Å². The van der Waals surface area contributed by atoms with Crippen LogP contribution < -0.4 is 4.74 Å². The quantitative estimate of drug-likeness (QED) is 0.419. The first-order valence-electron chi connectivity index (χ1n) is 7.44. The van der Waals surface area contributed by atoms with Gasteiger partial charge >= 0.3 is 6.09 Å². The maximum atomic E-state index is 11.3. The molecule has 1 spiro atoms. The average Bonchev–Trinajstić information content (AvgIpc) is 2.62. The number of ether oxygens (including phenoxy) is 2. The Balaban J connectivity index is 1.98. The molecule has 128 valence electrons. The lowest BCUT2D eigenvalue weighted by atomic mass is 9.80. The topological polar surface area (TPSA) is 71.4 Å². The molecule has 25 heavy (non-hydrogen) atoms. The lowest BCUT2D eigenvalue weighted by Gasteiger charge is -2.40. The van der Waals surface area contributed by atoms with E-state index in [0.29, 0.717) is 23.9 Å². The molecule has 0 radical (unpaired) electrons. The second-order valence-corrected chi connectivity index (χ2v) is 7.64. The van der Waals surface area contributed by atoms with Crippen LogP contribution >= 0.6 is 38.7 Å². The van der Waals surface area contributed by atoms with Gasteiger partial charge in [-0.05, 0) is 46.9 Å². The highest BCUT2D eigenvalue weighted by Gasteiger charge is 2.45. The van der Waals surface area contributed by atoms with Gasteiger partial charge in [0.1, 0.15) is 29.5 Å². The van der Waals surface area contributed by atoms with Crippen LogP contribution in [0.15, 0.2) is 47.5 Å². The van der Waals surface area contributed by atoms with Gasteiger partial charge in [0.25, 0.3) is 0 Å². The largest absolute Gasteiger partial charge is 0.464 e. The highest BCUT2D eigenvalue weighted by Crippen LogP contribution is 2.50. The maximum absolute atomic E-state index is 11.3. The summed E-state index contributed by atoms with van der Waals surface area (Å²) in [5.74, 6) is 1.69. The maximum Gasteiger partial charge on any atom is 0.423 e. The van der Waals surface area contributed by atoms with Crippen molar-refractivity contribution in [3.63, 3.8) is 0 Å². The minimum atomic E-state index is -1.15. The van der Waals surface area contributed by atoms with Gasteiger partial charge in [0.15, 0.2) is 0 Å². The molecule has 2 aromatic carbocycles. The van der Waals surface area contributed by atoms with Crippen molar-refractivity contribution in [3.8, 4) is 11.5 Å². The number of benzene rings is 2. The van der Waals surface area contributed by atoms with Gasteiger partial charge < -0.3 is 14.6 Å². The van der Waals surface area contributed by atoms with E-state index in [1.807, 2.05) is 42.5 Å². The molecule has 2 aliphatic rings. The van der Waals surface area contributed by atoms with E-state index in [1.165, 1.54) is 0 Å². The van der Waals surface area contributed by atoms with E-state index in [9.17, 15) is 9.90 Å². The third kappa shape index (κ3) is 2.72. The number of halogens is 2. The van der Waals surface area contributed by atoms with Gasteiger partial charge in [-0.1, -0.05) is 18.2 Å². The van der Waals surface area contributed by atoms with Crippen LogP contribution in [-0.4, -0.2) is 34.2 Å². The van der Waals surface area contributed by atoms with Crippen LogP contribution in [0.25, 0.3) is 0 Å². The fraction of sp³-hybridized carbons (Fsp3) is 0.176. The van der Waals surface area contributed by atoms with Crippen molar-refractivity contribution in [2.24, 2.45) is 4.99 Å². The third-order valence-electron chi connectivity index (χ3n) is 4.20. The van der Waals surface area contributed by atoms with Gasteiger partial charge in [-0.2, -0.15) is 3.93 Å². The van der Waals surface area contributed by atoms with Crippen LogP contribution in [0.5, 0.6) is 11.5 Å². The van der Waals surface area contributed by atoms with Crippen molar-refractivity contribution in [2.75, 3.05) is 13.2 Å². The van der Waals surface area contributed by atoms with E-state index >= 15 is 0 Å². The molecule has 0 saturated carbocycles. The molecule has 4 rings (SSSR count). The summed E-state index contributed by atoms with van der Waals surface area (Å²) >= 11 is 5.27. The smallest absolute Gasteiger partial charge is 0.423 e. The first kappa shape index (κ1) is 16.8. The number of aliphatic imine (C=N–C) groups is 1. The number of nitrogens with zero attached hydrogens (tertiary/aromatic N) is 2. The minimum Gasteiger partial charge on any atom is -0.464 e. The van der Waals surface area contributed by atoms with Crippen molar-refractivity contribution >= 4 is 50.7 Å². The van der Waals surface area contributed by atoms with Gasteiger partial charge in [-0.25, -0.2) is 9.79 Å². The van der Waals surface area contributed by atoms with Gasteiger partial charge in [0.05, 0.1) is 22.8 Å². The fourth-order valence-electron chi connectivity index (χ4n) is 3.14. The number of para-hydroxylation sites is 1. The molecule has 0 bridgehead atoms. The molecule has 1 amide bonds. The predicted octanol–water partition coefficient (Wildman–Crippen LogP) is 4.36. The zero-order valence-electron chi connectivity index (χ0n) is 12.8. The van der Waals surface area contributed by atoms with Gasteiger partial charge in [0.2, 0.25) is 0 Å². The second kappa shape index (κ2) is 6.26. The standard InChI is InChI=1S/C17H12BrIN2O4/c18-21(16(22)23)15-8-24-9-17(20-15)11-3-1-2-4-13(11)25-14-6-5-10(19)7-12(14)17/h1-7H,8-9H2,(H,22,23). The van der Waals surface area contributed by atoms with Crippen molar-refractivity contribution in [1.29, 1.82) is 0 Å². The molecule has 1 unspecified atom stereocenters. The molecule has 6 nitrogen and oxygen atoms in total. The van der Waals surface area contributed by atoms with E-state index in [2.05, 4.69) is 38.7 Å². The lowest BCUT2D eigenvalue weighted by molar-refractivity contribution is 0.104. The van der Waals surface area contributed by atoms with E-state index in [1.54, 1.807) is 0 Å². The Labute approximate surface area is 165 Å². The van der Waals surface area contributed by atoms with E-state index in [-0.39, 0.29) is 6.61 Å². The molecule has 8 heteroatoms. The molecule has 2 aromatic rings. The monoisotopic (exact) mass is 514 g/mol.